The topological polar surface area (TPSA) is 64.4 Å². The van der Waals surface area contributed by atoms with Crippen LogP contribution in [0.5, 0.6) is 5.75 Å². The summed E-state index contributed by atoms with van der Waals surface area (Å²) in [7, 11) is 1.66. The largest absolute Gasteiger partial charge is 0.497 e. The molecule has 0 saturated carbocycles. The van der Waals surface area contributed by atoms with Crippen LogP contribution in [0, 0.1) is 6.92 Å². The van der Waals surface area contributed by atoms with Crippen LogP contribution in [0.25, 0.3) is 0 Å². The molecule has 0 radical (unpaired) electrons. The highest BCUT2D eigenvalue weighted by atomic mass is 16.5. The number of nitrogens with one attached hydrogen (secondary N) is 1. The molecule has 146 valence electrons. The van der Waals surface area contributed by atoms with Gasteiger partial charge in [0, 0.05) is 23.6 Å². The number of rotatable bonds is 3. The Balaban J connectivity index is 1.57. The first-order valence-corrected chi connectivity index (χ1v) is 9.84. The van der Waals surface area contributed by atoms with Gasteiger partial charge in [0.15, 0.2) is 5.78 Å². The molecule has 1 aliphatic heterocycles. The molecule has 2 aromatic carbocycles. The van der Waals surface area contributed by atoms with Gasteiger partial charge in [-0.15, -0.1) is 0 Å². The van der Waals surface area contributed by atoms with Crippen molar-refractivity contribution in [3.63, 3.8) is 0 Å². The van der Waals surface area contributed by atoms with Crippen LogP contribution in [0.3, 0.4) is 0 Å². The van der Waals surface area contributed by atoms with Gasteiger partial charge in [0.2, 0.25) is 5.88 Å². The second kappa shape index (κ2) is 6.92. The van der Waals surface area contributed by atoms with Crippen molar-refractivity contribution in [1.82, 2.24) is 5.16 Å². The number of fused-ring (bicyclic) bond motifs is 1. The van der Waals surface area contributed by atoms with E-state index >= 15 is 0 Å². The van der Waals surface area contributed by atoms with Crippen LogP contribution in [0.2, 0.25) is 0 Å². The molecule has 0 fully saturated rings. The molecule has 5 nitrogen and oxygen atoms in total. The SMILES string of the molecule is COc1ccc([C@@H]2CC(=O)C3=C(C2)Nc2onc(C)c2[C@H]3c2ccccc2)cc1. The summed E-state index contributed by atoms with van der Waals surface area (Å²) in [6.45, 7) is 1.93. The smallest absolute Gasteiger partial charge is 0.233 e. The number of allylic oxidation sites excluding steroid dienone is 2. The van der Waals surface area contributed by atoms with Crippen LogP contribution < -0.4 is 10.1 Å². The number of methoxy groups -OCH3 is 1. The summed E-state index contributed by atoms with van der Waals surface area (Å²) in [4.78, 5) is 13.4. The van der Waals surface area contributed by atoms with E-state index in [0.717, 1.165) is 45.8 Å². The van der Waals surface area contributed by atoms with Gasteiger partial charge >= 0.3 is 0 Å². The molecule has 2 aliphatic rings. The Morgan fingerprint density at radius 1 is 1.03 bits per heavy atom. The molecule has 1 aromatic heterocycles. The van der Waals surface area contributed by atoms with Gasteiger partial charge in [-0.05, 0) is 42.5 Å². The van der Waals surface area contributed by atoms with Gasteiger partial charge in [-0.25, -0.2) is 0 Å². The van der Waals surface area contributed by atoms with E-state index in [9.17, 15) is 4.79 Å². The van der Waals surface area contributed by atoms with E-state index in [1.807, 2.05) is 49.4 Å². The lowest BCUT2D eigenvalue weighted by Crippen LogP contribution is -2.29. The molecular weight excluding hydrogens is 364 g/mol. The molecule has 1 N–H and O–H groups in total. The molecule has 0 saturated heterocycles. The lowest BCUT2D eigenvalue weighted by molar-refractivity contribution is -0.116. The number of nitrogens with zero attached hydrogens (tertiary/aromatic N) is 1. The number of ketones is 1. The minimum atomic E-state index is -0.141. The third-order valence-electron chi connectivity index (χ3n) is 5.98. The highest BCUT2D eigenvalue weighted by molar-refractivity contribution is 6.01. The molecule has 3 aromatic rings. The summed E-state index contributed by atoms with van der Waals surface area (Å²) < 4.78 is 10.8. The zero-order valence-corrected chi connectivity index (χ0v) is 16.4. The van der Waals surface area contributed by atoms with Crippen molar-refractivity contribution in [3.8, 4) is 5.75 Å². The van der Waals surface area contributed by atoms with Crippen LogP contribution in [0.1, 0.15) is 47.1 Å². The molecule has 5 rings (SSSR count). The molecule has 29 heavy (non-hydrogen) atoms. The lowest BCUT2D eigenvalue weighted by atomic mass is 9.72. The van der Waals surface area contributed by atoms with E-state index in [0.29, 0.717) is 12.3 Å². The molecule has 2 heterocycles. The van der Waals surface area contributed by atoms with Gasteiger partial charge in [0.25, 0.3) is 0 Å². The number of benzene rings is 2. The van der Waals surface area contributed by atoms with E-state index in [1.54, 1.807) is 7.11 Å². The third kappa shape index (κ3) is 2.94. The van der Waals surface area contributed by atoms with E-state index in [-0.39, 0.29) is 17.6 Å². The molecular formula is C24H22N2O3. The van der Waals surface area contributed by atoms with E-state index < -0.39 is 0 Å². The normalized spacial score (nSPS) is 20.7. The first-order chi connectivity index (χ1) is 14.2. The number of carbonyl (C=O) groups is 1. The Labute approximate surface area is 169 Å². The summed E-state index contributed by atoms with van der Waals surface area (Å²) in [5.41, 5.74) is 5.80. The van der Waals surface area contributed by atoms with Crippen molar-refractivity contribution in [2.24, 2.45) is 0 Å². The molecule has 0 bridgehead atoms. The van der Waals surface area contributed by atoms with E-state index in [2.05, 4.69) is 22.6 Å². The molecule has 1 aliphatic carbocycles. The number of hydrogen-bond acceptors (Lipinski definition) is 5. The fraction of sp³-hybridized carbons (Fsp3) is 0.250. The highest BCUT2D eigenvalue weighted by Gasteiger charge is 2.40. The maximum atomic E-state index is 13.4. The number of aryl methyl sites for hydroxylation is 1. The Morgan fingerprint density at radius 3 is 2.52 bits per heavy atom. The Hall–Kier alpha value is -3.34. The Morgan fingerprint density at radius 2 is 1.79 bits per heavy atom. The maximum absolute atomic E-state index is 13.4. The first kappa shape index (κ1) is 17.7. The molecule has 0 spiro atoms. The second-order valence-corrected chi connectivity index (χ2v) is 7.67. The number of anilines is 1. The summed E-state index contributed by atoms with van der Waals surface area (Å²) in [5.74, 6) is 1.63. The minimum absolute atomic E-state index is 0.127. The van der Waals surface area contributed by atoms with Crippen molar-refractivity contribution in [2.45, 2.75) is 31.6 Å². The van der Waals surface area contributed by atoms with Crippen LogP contribution in [0.15, 0.2) is 70.4 Å². The summed E-state index contributed by atoms with van der Waals surface area (Å²) in [5, 5.41) is 7.54. The number of carbonyl (C=O) groups excluding carboxylic acids is 1. The predicted octanol–water partition coefficient (Wildman–Crippen LogP) is 4.95. The Bertz CT molecular complexity index is 1100. The molecule has 0 unspecified atom stereocenters. The molecule has 5 heteroatoms. The van der Waals surface area contributed by atoms with Gasteiger partial charge in [0.1, 0.15) is 5.75 Å². The number of hydrogen-bond donors (Lipinski definition) is 1. The standard InChI is InChI=1S/C24H22N2O3/c1-14-21-22(16-6-4-3-5-7-16)23-19(25-24(21)29-26-14)12-17(13-20(23)27)15-8-10-18(28-2)11-9-15/h3-11,17,22,25H,12-13H2,1-2H3/t17-,22+/m0/s1. The Kier molecular flexibility index (Phi) is 4.23. The number of aromatic nitrogens is 1. The quantitative estimate of drug-likeness (QED) is 0.690. The van der Waals surface area contributed by atoms with Gasteiger partial charge in [-0.1, -0.05) is 47.6 Å². The van der Waals surface area contributed by atoms with Crippen molar-refractivity contribution < 1.29 is 14.1 Å². The minimum Gasteiger partial charge on any atom is -0.497 e. The van der Waals surface area contributed by atoms with Crippen molar-refractivity contribution in [1.29, 1.82) is 0 Å². The van der Waals surface area contributed by atoms with Gasteiger partial charge in [-0.2, -0.15) is 0 Å². The average Bonchev–Trinajstić information content (AvgIpc) is 3.13. The summed E-state index contributed by atoms with van der Waals surface area (Å²) >= 11 is 0. The molecule has 0 amide bonds. The average molecular weight is 386 g/mol. The predicted molar refractivity (Wildman–Crippen MR) is 110 cm³/mol. The van der Waals surface area contributed by atoms with Crippen molar-refractivity contribution >= 4 is 11.7 Å². The fourth-order valence-corrected chi connectivity index (χ4v) is 4.56. The van der Waals surface area contributed by atoms with Gasteiger partial charge < -0.3 is 14.6 Å². The number of ether oxygens (including phenoxy) is 1. The van der Waals surface area contributed by atoms with Crippen LogP contribution in [-0.2, 0) is 4.79 Å². The third-order valence-corrected chi connectivity index (χ3v) is 5.98. The highest BCUT2D eigenvalue weighted by Crippen LogP contribution is 2.48. The van der Waals surface area contributed by atoms with E-state index in [4.69, 9.17) is 9.26 Å². The van der Waals surface area contributed by atoms with Crippen LogP contribution in [-0.4, -0.2) is 18.0 Å². The zero-order chi connectivity index (χ0) is 20.0. The number of Topliss-reactive ketones (excluding diaryl/α,β-unsaturated/α-hetero) is 1. The van der Waals surface area contributed by atoms with E-state index in [1.165, 1.54) is 0 Å². The fourth-order valence-electron chi connectivity index (χ4n) is 4.56. The maximum Gasteiger partial charge on any atom is 0.233 e. The van der Waals surface area contributed by atoms with Crippen molar-refractivity contribution in [3.05, 3.63) is 88.3 Å². The monoisotopic (exact) mass is 386 g/mol. The lowest BCUT2D eigenvalue weighted by Gasteiger charge is -2.34. The summed E-state index contributed by atoms with van der Waals surface area (Å²) in [6, 6.07) is 18.1. The van der Waals surface area contributed by atoms with Crippen LogP contribution >= 0.6 is 0 Å². The molecule has 2 atom stereocenters. The van der Waals surface area contributed by atoms with Crippen molar-refractivity contribution in [2.75, 3.05) is 12.4 Å². The van der Waals surface area contributed by atoms with Gasteiger partial charge in [-0.3, -0.25) is 4.79 Å². The first-order valence-electron chi connectivity index (χ1n) is 9.84. The summed E-state index contributed by atoms with van der Waals surface area (Å²) in [6.07, 6.45) is 1.26. The van der Waals surface area contributed by atoms with Crippen LogP contribution in [0.4, 0.5) is 5.88 Å². The zero-order valence-electron chi connectivity index (χ0n) is 16.4. The van der Waals surface area contributed by atoms with Gasteiger partial charge in [0.05, 0.1) is 18.4 Å². The second-order valence-electron chi connectivity index (χ2n) is 7.67.